The lowest BCUT2D eigenvalue weighted by molar-refractivity contribution is -0.138. The van der Waals surface area contributed by atoms with Gasteiger partial charge in [0.15, 0.2) is 0 Å². The number of halogens is 3. The van der Waals surface area contributed by atoms with Gasteiger partial charge in [-0.05, 0) is 31.1 Å². The molecule has 3 heterocycles. The second-order valence-electron chi connectivity index (χ2n) is 5.92. The minimum atomic E-state index is -4.60. The number of hydrogen-bond acceptors (Lipinski definition) is 4. The van der Waals surface area contributed by atoms with E-state index in [4.69, 9.17) is 4.74 Å². The lowest BCUT2D eigenvalue weighted by atomic mass is 9.89. The van der Waals surface area contributed by atoms with Gasteiger partial charge in [-0.2, -0.15) is 24.9 Å². The molecule has 2 aliphatic rings. The number of aromatic nitrogens is 1. The summed E-state index contributed by atoms with van der Waals surface area (Å²) in [6.07, 6.45) is -0.521. The van der Waals surface area contributed by atoms with Gasteiger partial charge in [-0.1, -0.05) is 0 Å². The predicted octanol–water partition coefficient (Wildman–Crippen LogP) is 2.88. The molecular formula is C15H17F3N2O2S. The Morgan fingerprint density at radius 2 is 2.30 bits per heavy atom. The molecule has 0 aliphatic carbocycles. The van der Waals surface area contributed by atoms with Crippen molar-refractivity contribution in [2.75, 3.05) is 18.1 Å². The standard InChI is InChI=1S/C15H17F3N2O2S/c16-15(17,18)12-8-19-4-1-11(12)13(21)20-10-2-5-22-14(7-10)3-6-23-9-14/h1,4,8,10H,2-3,5-7,9H2,(H,20,21)/t10-,14+/m1/s1. The van der Waals surface area contributed by atoms with Gasteiger partial charge in [0.2, 0.25) is 0 Å². The Kier molecular flexibility index (Phi) is 4.55. The molecular weight excluding hydrogens is 329 g/mol. The molecule has 0 radical (unpaired) electrons. The van der Waals surface area contributed by atoms with E-state index < -0.39 is 17.6 Å². The maximum atomic E-state index is 13.0. The number of amides is 1. The summed E-state index contributed by atoms with van der Waals surface area (Å²) in [6, 6.07) is 0.947. The highest BCUT2D eigenvalue weighted by Gasteiger charge is 2.41. The number of rotatable bonds is 2. The van der Waals surface area contributed by atoms with Crippen LogP contribution in [0.15, 0.2) is 18.5 Å². The maximum Gasteiger partial charge on any atom is 0.418 e. The third-order valence-corrected chi connectivity index (χ3v) is 5.49. The van der Waals surface area contributed by atoms with E-state index in [-0.39, 0.29) is 17.2 Å². The first-order chi connectivity index (χ1) is 10.9. The van der Waals surface area contributed by atoms with Gasteiger partial charge >= 0.3 is 6.18 Å². The van der Waals surface area contributed by atoms with Crippen LogP contribution in [-0.2, 0) is 10.9 Å². The zero-order chi connectivity index (χ0) is 16.5. The summed E-state index contributed by atoms with van der Waals surface area (Å²) in [5.74, 6) is 1.19. The van der Waals surface area contributed by atoms with Crippen LogP contribution in [-0.4, -0.2) is 40.6 Å². The van der Waals surface area contributed by atoms with Crippen LogP contribution in [0.5, 0.6) is 0 Å². The predicted molar refractivity (Wildman–Crippen MR) is 80.4 cm³/mol. The average Bonchev–Trinajstić information content (AvgIpc) is 2.94. The van der Waals surface area contributed by atoms with E-state index in [1.165, 1.54) is 6.20 Å². The molecule has 1 aromatic heterocycles. The van der Waals surface area contributed by atoms with Crippen molar-refractivity contribution in [3.63, 3.8) is 0 Å². The number of hydrogen-bond donors (Lipinski definition) is 1. The van der Waals surface area contributed by atoms with Gasteiger partial charge in [0, 0.05) is 30.8 Å². The highest BCUT2D eigenvalue weighted by molar-refractivity contribution is 7.99. The molecule has 2 aliphatic heterocycles. The molecule has 1 spiro atoms. The number of ether oxygens (including phenoxy) is 1. The number of carbonyl (C=O) groups excluding carboxylic acids is 1. The van der Waals surface area contributed by atoms with E-state index in [2.05, 4.69) is 10.3 Å². The normalized spacial score (nSPS) is 28.0. The molecule has 1 amide bonds. The third-order valence-electron chi connectivity index (χ3n) is 4.27. The zero-order valence-electron chi connectivity index (χ0n) is 12.4. The molecule has 1 aromatic rings. The van der Waals surface area contributed by atoms with Crippen LogP contribution < -0.4 is 5.32 Å². The van der Waals surface area contributed by atoms with E-state index in [0.29, 0.717) is 25.6 Å². The van der Waals surface area contributed by atoms with Gasteiger partial charge in [0.1, 0.15) is 0 Å². The highest BCUT2D eigenvalue weighted by Crippen LogP contribution is 2.38. The van der Waals surface area contributed by atoms with Gasteiger partial charge in [-0.3, -0.25) is 9.78 Å². The number of nitrogens with one attached hydrogen (secondary N) is 1. The van der Waals surface area contributed by atoms with Crippen LogP contribution in [0.3, 0.4) is 0 Å². The number of thioether (sulfide) groups is 1. The summed E-state index contributed by atoms with van der Waals surface area (Å²) >= 11 is 1.81. The molecule has 2 atom stereocenters. The van der Waals surface area contributed by atoms with E-state index in [1.54, 1.807) is 0 Å². The molecule has 4 nitrogen and oxygen atoms in total. The summed E-state index contributed by atoms with van der Waals surface area (Å²) in [7, 11) is 0. The van der Waals surface area contributed by atoms with Crippen LogP contribution in [0.2, 0.25) is 0 Å². The summed E-state index contributed by atoms with van der Waals surface area (Å²) in [5, 5.41) is 2.74. The van der Waals surface area contributed by atoms with Crippen LogP contribution in [0.4, 0.5) is 13.2 Å². The molecule has 23 heavy (non-hydrogen) atoms. The molecule has 3 rings (SSSR count). The second kappa shape index (κ2) is 6.32. The molecule has 2 saturated heterocycles. The second-order valence-corrected chi connectivity index (χ2v) is 7.02. The van der Waals surface area contributed by atoms with Crippen LogP contribution >= 0.6 is 11.8 Å². The zero-order valence-corrected chi connectivity index (χ0v) is 13.2. The lowest BCUT2D eigenvalue weighted by Crippen LogP contribution is -2.49. The minimum absolute atomic E-state index is 0.163. The largest absolute Gasteiger partial charge is 0.418 e. The van der Waals surface area contributed by atoms with Crippen molar-refractivity contribution in [2.45, 2.75) is 37.1 Å². The van der Waals surface area contributed by atoms with Crippen molar-refractivity contribution in [1.82, 2.24) is 10.3 Å². The van der Waals surface area contributed by atoms with Crippen molar-refractivity contribution in [2.24, 2.45) is 0 Å². The van der Waals surface area contributed by atoms with Crippen LogP contribution in [0.25, 0.3) is 0 Å². The topological polar surface area (TPSA) is 51.2 Å². The molecule has 126 valence electrons. The monoisotopic (exact) mass is 346 g/mol. The number of alkyl halides is 3. The van der Waals surface area contributed by atoms with Gasteiger partial charge in [-0.25, -0.2) is 0 Å². The fraction of sp³-hybridized carbons (Fsp3) is 0.600. The smallest absolute Gasteiger partial charge is 0.374 e. The third kappa shape index (κ3) is 3.63. The van der Waals surface area contributed by atoms with E-state index in [9.17, 15) is 18.0 Å². The van der Waals surface area contributed by atoms with Crippen molar-refractivity contribution in [3.05, 3.63) is 29.6 Å². The van der Waals surface area contributed by atoms with Crippen molar-refractivity contribution < 1.29 is 22.7 Å². The maximum absolute atomic E-state index is 13.0. The quantitative estimate of drug-likeness (QED) is 0.895. The first kappa shape index (κ1) is 16.6. The fourth-order valence-electron chi connectivity index (χ4n) is 3.10. The fourth-order valence-corrected chi connectivity index (χ4v) is 4.47. The summed E-state index contributed by atoms with van der Waals surface area (Å²) in [6.45, 7) is 0.522. The molecule has 2 fully saturated rings. The molecule has 0 bridgehead atoms. The number of pyridine rings is 1. The summed E-state index contributed by atoms with van der Waals surface area (Å²) in [5.41, 5.74) is -1.61. The first-order valence-corrected chi connectivity index (χ1v) is 8.59. The average molecular weight is 346 g/mol. The Balaban J connectivity index is 1.72. The minimum Gasteiger partial charge on any atom is -0.374 e. The summed E-state index contributed by atoms with van der Waals surface area (Å²) in [4.78, 5) is 15.8. The van der Waals surface area contributed by atoms with Crippen molar-refractivity contribution in [1.29, 1.82) is 0 Å². The van der Waals surface area contributed by atoms with E-state index in [0.717, 1.165) is 24.0 Å². The lowest BCUT2D eigenvalue weighted by Gasteiger charge is -2.38. The number of carbonyl (C=O) groups is 1. The van der Waals surface area contributed by atoms with Crippen molar-refractivity contribution in [3.8, 4) is 0 Å². The van der Waals surface area contributed by atoms with Gasteiger partial charge in [0.05, 0.1) is 16.7 Å². The summed E-state index contributed by atoms with van der Waals surface area (Å²) < 4.78 is 44.8. The first-order valence-electron chi connectivity index (χ1n) is 7.43. The number of nitrogens with zero attached hydrogens (tertiary/aromatic N) is 1. The molecule has 0 aromatic carbocycles. The van der Waals surface area contributed by atoms with E-state index in [1.807, 2.05) is 11.8 Å². The van der Waals surface area contributed by atoms with Crippen molar-refractivity contribution >= 4 is 17.7 Å². The Labute approximate surface area is 136 Å². The Hall–Kier alpha value is -1.28. The molecule has 0 saturated carbocycles. The Morgan fingerprint density at radius 1 is 1.48 bits per heavy atom. The van der Waals surface area contributed by atoms with Gasteiger partial charge in [-0.15, -0.1) is 0 Å². The Bertz CT molecular complexity index is 588. The van der Waals surface area contributed by atoms with Crippen LogP contribution in [0, 0.1) is 0 Å². The van der Waals surface area contributed by atoms with Gasteiger partial charge < -0.3 is 10.1 Å². The highest BCUT2D eigenvalue weighted by atomic mass is 32.2. The molecule has 8 heteroatoms. The SMILES string of the molecule is O=C(N[C@@H]1CCO[C@@]2(CCSC2)C1)c1ccncc1C(F)(F)F. The molecule has 1 N–H and O–H groups in total. The van der Waals surface area contributed by atoms with Crippen LogP contribution in [0.1, 0.15) is 35.2 Å². The van der Waals surface area contributed by atoms with E-state index >= 15 is 0 Å². The Morgan fingerprint density at radius 3 is 3.00 bits per heavy atom. The van der Waals surface area contributed by atoms with Gasteiger partial charge in [0.25, 0.3) is 5.91 Å². The molecule has 0 unspecified atom stereocenters.